The number of hydrogen-bond donors (Lipinski definition) is 0. The monoisotopic (exact) mass is 321 g/mol. The first-order chi connectivity index (χ1) is 10.9. The van der Waals surface area contributed by atoms with Gasteiger partial charge in [-0.1, -0.05) is 32.9 Å². The highest BCUT2D eigenvalue weighted by atomic mass is 16.5. The molecule has 1 aromatic rings. The normalized spacial score (nSPS) is 18.8. The Morgan fingerprint density at radius 3 is 2.74 bits per heavy atom. The van der Waals surface area contributed by atoms with E-state index in [1.165, 1.54) is 0 Å². The molecule has 1 aliphatic rings. The van der Waals surface area contributed by atoms with Crippen LogP contribution < -0.4 is 4.74 Å². The van der Waals surface area contributed by atoms with Gasteiger partial charge in [0.1, 0.15) is 12.4 Å². The van der Waals surface area contributed by atoms with Crippen LogP contribution in [-0.4, -0.2) is 56.9 Å². The van der Waals surface area contributed by atoms with Crippen LogP contribution in [-0.2, 0) is 9.47 Å². The van der Waals surface area contributed by atoms with Crippen LogP contribution >= 0.6 is 0 Å². The highest BCUT2D eigenvalue weighted by molar-refractivity contribution is 5.97. The van der Waals surface area contributed by atoms with Crippen LogP contribution in [0.2, 0.25) is 0 Å². The van der Waals surface area contributed by atoms with Crippen molar-refractivity contribution in [3.05, 3.63) is 29.8 Å². The second-order valence-corrected chi connectivity index (χ2v) is 6.81. The fourth-order valence-corrected chi connectivity index (χ4v) is 2.53. The van der Waals surface area contributed by atoms with Crippen LogP contribution in [0.5, 0.6) is 5.75 Å². The molecule has 0 aromatic heterocycles. The maximum atomic E-state index is 12.9. The van der Waals surface area contributed by atoms with Crippen molar-refractivity contribution >= 4 is 5.91 Å². The number of methoxy groups -OCH3 is 1. The molecule has 5 nitrogen and oxygen atoms in total. The molecule has 0 saturated carbocycles. The minimum Gasteiger partial charge on any atom is -0.490 e. The Morgan fingerprint density at radius 2 is 2.04 bits per heavy atom. The first-order valence-electron chi connectivity index (χ1n) is 8.05. The van der Waals surface area contributed by atoms with Gasteiger partial charge < -0.3 is 19.1 Å². The van der Waals surface area contributed by atoms with Gasteiger partial charge in [-0.15, -0.1) is 0 Å². The molecule has 0 radical (unpaired) electrons. The molecule has 1 atom stereocenters. The third-order valence-corrected chi connectivity index (χ3v) is 3.98. The molecule has 0 unspecified atom stereocenters. The van der Waals surface area contributed by atoms with Crippen LogP contribution in [0.15, 0.2) is 24.3 Å². The van der Waals surface area contributed by atoms with E-state index in [1.807, 2.05) is 29.2 Å². The summed E-state index contributed by atoms with van der Waals surface area (Å²) in [5, 5.41) is 0. The number of carbonyl (C=O) groups excluding carboxylic acids is 1. The van der Waals surface area contributed by atoms with Crippen LogP contribution in [0.1, 0.15) is 31.1 Å². The number of para-hydroxylation sites is 1. The minimum absolute atomic E-state index is 0.00410. The number of amides is 1. The van der Waals surface area contributed by atoms with Gasteiger partial charge >= 0.3 is 0 Å². The number of hydrogen-bond acceptors (Lipinski definition) is 4. The summed E-state index contributed by atoms with van der Waals surface area (Å²) < 4.78 is 16.5. The average Bonchev–Trinajstić information content (AvgIpc) is 2.54. The summed E-state index contributed by atoms with van der Waals surface area (Å²) in [7, 11) is 1.63. The van der Waals surface area contributed by atoms with E-state index in [0.717, 1.165) is 0 Å². The van der Waals surface area contributed by atoms with Gasteiger partial charge in [0.05, 0.1) is 24.9 Å². The third kappa shape index (κ3) is 4.69. The summed E-state index contributed by atoms with van der Waals surface area (Å²) in [5.41, 5.74) is 0.603. The quantitative estimate of drug-likeness (QED) is 0.782. The number of ether oxygens (including phenoxy) is 3. The lowest BCUT2D eigenvalue weighted by atomic mass is 9.88. The highest BCUT2D eigenvalue weighted by Crippen LogP contribution is 2.27. The van der Waals surface area contributed by atoms with E-state index in [2.05, 4.69) is 20.8 Å². The molecule has 0 spiro atoms. The van der Waals surface area contributed by atoms with E-state index >= 15 is 0 Å². The van der Waals surface area contributed by atoms with Crippen LogP contribution in [0.25, 0.3) is 0 Å². The number of benzene rings is 1. The Balaban J connectivity index is 2.10. The average molecular weight is 321 g/mol. The number of morpholine rings is 1. The van der Waals surface area contributed by atoms with Crippen LogP contribution in [0, 0.1) is 5.41 Å². The van der Waals surface area contributed by atoms with E-state index < -0.39 is 0 Å². The van der Waals surface area contributed by atoms with Crippen molar-refractivity contribution in [2.45, 2.75) is 26.9 Å². The maximum Gasteiger partial charge on any atom is 0.257 e. The van der Waals surface area contributed by atoms with Crippen molar-refractivity contribution in [1.29, 1.82) is 0 Å². The van der Waals surface area contributed by atoms with E-state index in [1.54, 1.807) is 7.11 Å². The summed E-state index contributed by atoms with van der Waals surface area (Å²) in [6, 6.07) is 7.37. The van der Waals surface area contributed by atoms with Crippen molar-refractivity contribution in [3.63, 3.8) is 0 Å². The zero-order chi connectivity index (χ0) is 16.9. The van der Waals surface area contributed by atoms with Crippen molar-refractivity contribution in [3.8, 4) is 5.75 Å². The summed E-state index contributed by atoms with van der Waals surface area (Å²) in [5.74, 6) is 0.601. The van der Waals surface area contributed by atoms with E-state index in [0.29, 0.717) is 44.2 Å². The zero-order valence-electron chi connectivity index (χ0n) is 14.5. The van der Waals surface area contributed by atoms with Crippen molar-refractivity contribution in [1.82, 2.24) is 4.90 Å². The summed E-state index contributed by atoms with van der Waals surface area (Å²) in [6.45, 7) is 9.10. The molecule has 23 heavy (non-hydrogen) atoms. The summed E-state index contributed by atoms with van der Waals surface area (Å²) >= 11 is 0. The third-order valence-electron chi connectivity index (χ3n) is 3.98. The lowest BCUT2D eigenvalue weighted by Gasteiger charge is -2.39. The molecule has 0 N–H and O–H groups in total. The molecule has 128 valence electrons. The first kappa shape index (κ1) is 17.8. The van der Waals surface area contributed by atoms with Gasteiger partial charge in [-0.2, -0.15) is 0 Å². The molecule has 1 aliphatic heterocycles. The van der Waals surface area contributed by atoms with Gasteiger partial charge in [0, 0.05) is 20.2 Å². The topological polar surface area (TPSA) is 48.0 Å². The summed E-state index contributed by atoms with van der Waals surface area (Å²) in [6.07, 6.45) is 0.0433. The Bertz CT molecular complexity index is 524. The molecule has 1 fully saturated rings. The highest BCUT2D eigenvalue weighted by Gasteiger charge is 2.33. The minimum atomic E-state index is -0.00410. The Kier molecular flexibility index (Phi) is 6.02. The zero-order valence-corrected chi connectivity index (χ0v) is 14.5. The second kappa shape index (κ2) is 7.79. The number of carbonyl (C=O) groups is 1. The molecular formula is C18H27NO4. The number of rotatable bonds is 5. The first-order valence-corrected chi connectivity index (χ1v) is 8.05. The molecule has 1 heterocycles. The van der Waals surface area contributed by atoms with Gasteiger partial charge in [0.25, 0.3) is 5.91 Å². The Hall–Kier alpha value is -1.59. The molecule has 2 rings (SSSR count). The molecule has 1 aromatic carbocycles. The fraction of sp³-hybridized carbons (Fsp3) is 0.611. The predicted molar refractivity (Wildman–Crippen MR) is 88.9 cm³/mol. The van der Waals surface area contributed by atoms with Gasteiger partial charge in [0.15, 0.2) is 0 Å². The maximum absolute atomic E-state index is 12.9. The van der Waals surface area contributed by atoms with E-state index in [9.17, 15) is 4.79 Å². The van der Waals surface area contributed by atoms with Crippen LogP contribution in [0.4, 0.5) is 0 Å². The van der Waals surface area contributed by atoms with Crippen molar-refractivity contribution < 1.29 is 19.0 Å². The van der Waals surface area contributed by atoms with E-state index in [-0.39, 0.29) is 17.4 Å². The Labute approximate surface area is 138 Å². The predicted octanol–water partition coefficient (Wildman–Crippen LogP) is 2.60. The standard InChI is InChI=1S/C18H27NO4/c1-18(2,3)16-13-19(9-10-23-16)17(20)14-7-5-6-8-15(14)22-12-11-21-4/h5-8,16H,9-13H2,1-4H3/t16-/m1/s1. The van der Waals surface area contributed by atoms with Gasteiger partial charge in [-0.3, -0.25) is 4.79 Å². The molecule has 1 saturated heterocycles. The molecule has 1 amide bonds. The van der Waals surface area contributed by atoms with Gasteiger partial charge in [-0.25, -0.2) is 0 Å². The molecule has 0 aliphatic carbocycles. The van der Waals surface area contributed by atoms with Gasteiger partial charge in [0.2, 0.25) is 0 Å². The SMILES string of the molecule is COCCOc1ccccc1C(=O)N1CCO[C@@H](C(C)(C)C)C1. The van der Waals surface area contributed by atoms with Crippen LogP contribution in [0.3, 0.4) is 0 Å². The summed E-state index contributed by atoms with van der Waals surface area (Å²) in [4.78, 5) is 14.7. The molecule has 0 bridgehead atoms. The number of nitrogens with zero attached hydrogens (tertiary/aromatic N) is 1. The smallest absolute Gasteiger partial charge is 0.257 e. The fourth-order valence-electron chi connectivity index (χ4n) is 2.53. The van der Waals surface area contributed by atoms with Crippen molar-refractivity contribution in [2.75, 3.05) is 40.0 Å². The lowest BCUT2D eigenvalue weighted by molar-refractivity contribution is -0.0707. The molecular weight excluding hydrogens is 294 g/mol. The van der Waals surface area contributed by atoms with E-state index in [4.69, 9.17) is 14.2 Å². The van der Waals surface area contributed by atoms with Crippen molar-refractivity contribution in [2.24, 2.45) is 5.41 Å². The van der Waals surface area contributed by atoms with Gasteiger partial charge in [-0.05, 0) is 17.5 Å². The lowest BCUT2D eigenvalue weighted by Crippen LogP contribution is -2.50. The largest absolute Gasteiger partial charge is 0.490 e. The Morgan fingerprint density at radius 1 is 1.30 bits per heavy atom. The second-order valence-electron chi connectivity index (χ2n) is 6.81. The molecule has 5 heteroatoms.